The summed E-state index contributed by atoms with van der Waals surface area (Å²) < 4.78 is 10.3. The molecule has 0 unspecified atom stereocenters. The number of furan rings is 1. The molecule has 2 amide bonds. The largest absolute Gasteiger partial charge is 0.466 e. The highest BCUT2D eigenvalue weighted by Gasteiger charge is 2.21. The van der Waals surface area contributed by atoms with Crippen LogP contribution in [0.25, 0.3) is 0 Å². The number of nitrogens with one attached hydrogen (secondary N) is 1. The Balaban J connectivity index is 2.67. The van der Waals surface area contributed by atoms with E-state index in [0.717, 1.165) is 0 Å². The smallest absolute Gasteiger partial charge is 0.257 e. The van der Waals surface area contributed by atoms with Crippen molar-refractivity contribution in [3.05, 3.63) is 23.2 Å². The molecule has 1 aromatic heterocycles. The van der Waals surface area contributed by atoms with Gasteiger partial charge in [-0.3, -0.25) is 9.59 Å². The Morgan fingerprint density at radius 1 is 1.35 bits per heavy atom. The van der Waals surface area contributed by atoms with E-state index in [9.17, 15) is 9.59 Å². The molecule has 0 spiro atoms. The van der Waals surface area contributed by atoms with E-state index in [2.05, 4.69) is 5.32 Å². The Bertz CT molecular complexity index is 523. The number of amides is 2. The third kappa shape index (κ3) is 6.44. The van der Waals surface area contributed by atoms with Crippen LogP contribution in [-0.4, -0.2) is 50.1 Å². The van der Waals surface area contributed by atoms with Gasteiger partial charge in [-0.2, -0.15) is 0 Å². The summed E-state index contributed by atoms with van der Waals surface area (Å²) in [6.45, 7) is 9.65. The predicted molar refractivity (Wildman–Crippen MR) is 88.4 cm³/mol. The Kier molecular flexibility index (Phi) is 7.81. The number of carbonyl (C=O) groups is 2. The number of methoxy groups -OCH3 is 1. The first-order valence-corrected chi connectivity index (χ1v) is 7.97. The fourth-order valence-corrected chi connectivity index (χ4v) is 2.35. The molecule has 23 heavy (non-hydrogen) atoms. The van der Waals surface area contributed by atoms with Gasteiger partial charge < -0.3 is 19.4 Å². The number of rotatable bonds is 9. The Labute approximate surface area is 138 Å². The first kappa shape index (κ1) is 19.2. The summed E-state index contributed by atoms with van der Waals surface area (Å²) in [4.78, 5) is 26.2. The predicted octanol–water partition coefficient (Wildman–Crippen LogP) is 2.15. The van der Waals surface area contributed by atoms with Crippen molar-refractivity contribution in [1.29, 1.82) is 0 Å². The number of carbonyl (C=O) groups excluding carboxylic acids is 2. The first-order valence-electron chi connectivity index (χ1n) is 7.97. The molecule has 0 aliphatic heterocycles. The van der Waals surface area contributed by atoms with E-state index in [1.54, 1.807) is 25.0 Å². The van der Waals surface area contributed by atoms with E-state index in [1.807, 2.05) is 20.8 Å². The summed E-state index contributed by atoms with van der Waals surface area (Å²) in [6, 6.07) is 1.75. The summed E-state index contributed by atoms with van der Waals surface area (Å²) in [7, 11) is 1.59. The van der Waals surface area contributed by atoms with Gasteiger partial charge in [-0.15, -0.1) is 0 Å². The lowest BCUT2D eigenvalue weighted by molar-refractivity contribution is -0.121. The summed E-state index contributed by atoms with van der Waals surface area (Å²) in [5, 5.41) is 2.77. The molecular formula is C17H28N2O4. The van der Waals surface area contributed by atoms with E-state index < -0.39 is 0 Å². The fourth-order valence-electron chi connectivity index (χ4n) is 2.35. The van der Waals surface area contributed by atoms with Crippen LogP contribution in [0.2, 0.25) is 0 Å². The third-order valence-electron chi connectivity index (χ3n) is 3.38. The van der Waals surface area contributed by atoms with Gasteiger partial charge in [0.05, 0.1) is 12.2 Å². The van der Waals surface area contributed by atoms with Crippen molar-refractivity contribution in [2.45, 2.75) is 34.1 Å². The van der Waals surface area contributed by atoms with Crippen LogP contribution in [0, 0.1) is 19.8 Å². The van der Waals surface area contributed by atoms with Gasteiger partial charge in [0.25, 0.3) is 5.91 Å². The highest BCUT2D eigenvalue weighted by molar-refractivity contribution is 5.95. The highest BCUT2D eigenvalue weighted by atomic mass is 16.5. The quantitative estimate of drug-likeness (QED) is 0.707. The summed E-state index contributed by atoms with van der Waals surface area (Å²) in [5.41, 5.74) is 0.572. The Hall–Kier alpha value is -1.82. The second-order valence-electron chi connectivity index (χ2n) is 6.06. The minimum absolute atomic E-state index is 0.0799. The van der Waals surface area contributed by atoms with E-state index in [0.29, 0.717) is 49.2 Å². The second-order valence-corrected chi connectivity index (χ2v) is 6.06. The molecule has 0 fully saturated rings. The Morgan fingerprint density at radius 3 is 2.57 bits per heavy atom. The molecule has 1 aromatic rings. The summed E-state index contributed by atoms with van der Waals surface area (Å²) in [6.07, 6.45) is 0.276. The summed E-state index contributed by atoms with van der Waals surface area (Å²) >= 11 is 0. The van der Waals surface area contributed by atoms with Gasteiger partial charge in [-0.25, -0.2) is 0 Å². The highest BCUT2D eigenvalue weighted by Crippen LogP contribution is 2.17. The van der Waals surface area contributed by atoms with Crippen LogP contribution in [-0.2, 0) is 9.53 Å². The molecule has 130 valence electrons. The maximum absolute atomic E-state index is 12.7. The number of ether oxygens (including phenoxy) is 1. The number of aryl methyl sites for hydroxylation is 2. The lowest BCUT2D eigenvalue weighted by Gasteiger charge is -2.24. The van der Waals surface area contributed by atoms with Crippen LogP contribution >= 0.6 is 0 Å². The maximum atomic E-state index is 12.7. The molecular weight excluding hydrogens is 296 g/mol. The van der Waals surface area contributed by atoms with Crippen molar-refractivity contribution in [2.75, 3.05) is 33.4 Å². The molecule has 0 atom stereocenters. The monoisotopic (exact) mass is 324 g/mol. The number of nitrogens with zero attached hydrogens (tertiary/aromatic N) is 1. The van der Waals surface area contributed by atoms with Crippen LogP contribution < -0.4 is 5.32 Å². The maximum Gasteiger partial charge on any atom is 0.257 e. The van der Waals surface area contributed by atoms with E-state index in [-0.39, 0.29) is 18.2 Å². The van der Waals surface area contributed by atoms with Gasteiger partial charge in [-0.1, -0.05) is 13.8 Å². The lowest BCUT2D eigenvalue weighted by Crippen LogP contribution is -2.38. The van der Waals surface area contributed by atoms with Crippen molar-refractivity contribution in [2.24, 2.45) is 5.92 Å². The lowest BCUT2D eigenvalue weighted by atomic mass is 10.1. The van der Waals surface area contributed by atoms with Gasteiger partial charge in [-0.05, 0) is 25.8 Å². The van der Waals surface area contributed by atoms with Gasteiger partial charge in [0, 0.05) is 33.2 Å². The van der Waals surface area contributed by atoms with Gasteiger partial charge in [0.2, 0.25) is 5.91 Å². The van der Waals surface area contributed by atoms with Gasteiger partial charge in [0.1, 0.15) is 11.5 Å². The van der Waals surface area contributed by atoms with E-state index in [1.165, 1.54) is 0 Å². The molecule has 6 nitrogen and oxygen atoms in total. The minimum Gasteiger partial charge on any atom is -0.466 e. The van der Waals surface area contributed by atoms with Crippen LogP contribution in [0.4, 0.5) is 0 Å². The van der Waals surface area contributed by atoms with Crippen LogP contribution in [0.3, 0.4) is 0 Å². The third-order valence-corrected chi connectivity index (χ3v) is 3.38. The summed E-state index contributed by atoms with van der Waals surface area (Å²) in [5.74, 6) is 1.49. The molecule has 0 saturated heterocycles. The molecule has 0 saturated carbocycles. The molecule has 0 aliphatic rings. The van der Waals surface area contributed by atoms with Crippen LogP contribution in [0.15, 0.2) is 10.5 Å². The molecule has 0 bridgehead atoms. The average Bonchev–Trinajstić information content (AvgIpc) is 2.81. The van der Waals surface area contributed by atoms with Crippen molar-refractivity contribution >= 4 is 11.8 Å². The zero-order chi connectivity index (χ0) is 17.4. The molecule has 0 aliphatic carbocycles. The zero-order valence-electron chi connectivity index (χ0n) is 14.8. The second kappa shape index (κ2) is 9.35. The zero-order valence-corrected chi connectivity index (χ0v) is 14.8. The average molecular weight is 324 g/mol. The molecule has 1 heterocycles. The number of hydrogen-bond donors (Lipinski definition) is 1. The van der Waals surface area contributed by atoms with Crippen molar-refractivity contribution in [3.63, 3.8) is 0 Å². The first-order chi connectivity index (χ1) is 10.8. The normalized spacial score (nSPS) is 10.9. The standard InChI is InChI=1S/C17H28N2O4/c1-12(2)11-19(8-6-16(20)18-7-9-22-5)17(21)15-10-13(3)23-14(15)4/h10,12H,6-9,11H2,1-5H3,(H,18,20). The minimum atomic E-state index is -0.0854. The fraction of sp³-hybridized carbons (Fsp3) is 0.647. The van der Waals surface area contributed by atoms with Gasteiger partial charge >= 0.3 is 0 Å². The van der Waals surface area contributed by atoms with Crippen LogP contribution in [0.5, 0.6) is 0 Å². The molecule has 1 rings (SSSR count). The van der Waals surface area contributed by atoms with E-state index >= 15 is 0 Å². The van der Waals surface area contributed by atoms with E-state index in [4.69, 9.17) is 9.15 Å². The SMILES string of the molecule is COCCNC(=O)CCN(CC(C)C)C(=O)c1cc(C)oc1C. The molecule has 0 aromatic carbocycles. The van der Waals surface area contributed by atoms with Crippen LogP contribution in [0.1, 0.15) is 42.1 Å². The number of hydrogen-bond acceptors (Lipinski definition) is 4. The molecule has 6 heteroatoms. The molecule has 0 radical (unpaired) electrons. The Morgan fingerprint density at radius 2 is 2.04 bits per heavy atom. The topological polar surface area (TPSA) is 71.8 Å². The molecule has 1 N–H and O–H groups in total. The van der Waals surface area contributed by atoms with Crippen molar-refractivity contribution < 1.29 is 18.7 Å². The van der Waals surface area contributed by atoms with Crippen molar-refractivity contribution in [3.8, 4) is 0 Å². The van der Waals surface area contributed by atoms with Gasteiger partial charge in [0.15, 0.2) is 0 Å². The van der Waals surface area contributed by atoms with Crippen molar-refractivity contribution in [1.82, 2.24) is 10.2 Å².